The summed E-state index contributed by atoms with van der Waals surface area (Å²) in [5.41, 5.74) is 0. The van der Waals surface area contributed by atoms with Crippen LogP contribution in [0.25, 0.3) is 10.1 Å². The Labute approximate surface area is 140 Å². The maximum absolute atomic E-state index is 6.21. The van der Waals surface area contributed by atoms with Gasteiger partial charge in [-0.2, -0.15) is 13.5 Å². The van der Waals surface area contributed by atoms with Gasteiger partial charge < -0.3 is 10.1 Å². The molecule has 112 valence electrons. The maximum atomic E-state index is 6.21. The second kappa shape index (κ2) is 7.84. The van der Waals surface area contributed by atoms with Gasteiger partial charge in [0, 0.05) is 16.0 Å². The summed E-state index contributed by atoms with van der Waals surface area (Å²) in [7, 11) is 1.98. The van der Waals surface area contributed by atoms with Crippen LogP contribution in [0.5, 0.6) is 5.75 Å². The van der Waals surface area contributed by atoms with E-state index in [2.05, 4.69) is 52.5 Å². The molecule has 0 aliphatic rings. The lowest BCUT2D eigenvalue weighted by Crippen LogP contribution is -2.15. The summed E-state index contributed by atoms with van der Waals surface area (Å²) in [6.45, 7) is 0.948. The van der Waals surface area contributed by atoms with Crippen molar-refractivity contribution in [2.45, 2.75) is 12.5 Å². The zero-order chi connectivity index (χ0) is 13.8. The molecule has 5 heteroatoms. The first-order valence-electron chi connectivity index (χ1n) is 6.69. The van der Waals surface area contributed by atoms with Crippen molar-refractivity contribution in [1.82, 2.24) is 5.32 Å². The van der Waals surface area contributed by atoms with Crippen LogP contribution in [-0.4, -0.2) is 13.6 Å². The van der Waals surface area contributed by atoms with Gasteiger partial charge in [-0.05, 0) is 60.1 Å². The van der Waals surface area contributed by atoms with Crippen molar-refractivity contribution in [1.29, 1.82) is 0 Å². The van der Waals surface area contributed by atoms with Crippen LogP contribution in [0.4, 0.5) is 0 Å². The van der Waals surface area contributed by atoms with Gasteiger partial charge in [0.25, 0.3) is 0 Å². The normalized spacial score (nSPS) is 12.0. The summed E-state index contributed by atoms with van der Waals surface area (Å²) in [5.74, 6) is 0.949. The van der Waals surface area contributed by atoms with Crippen LogP contribution in [0, 0.1) is 0 Å². The van der Waals surface area contributed by atoms with Gasteiger partial charge in [-0.3, -0.25) is 0 Å². The fourth-order valence-electron chi connectivity index (χ4n) is 2.19. The Kier molecular flexibility index (Phi) is 6.11. The van der Waals surface area contributed by atoms with Crippen molar-refractivity contribution in [2.75, 3.05) is 13.6 Å². The van der Waals surface area contributed by atoms with E-state index in [1.165, 1.54) is 15.0 Å². The summed E-state index contributed by atoms with van der Waals surface area (Å²) >= 11 is 3.52. The molecule has 0 unspecified atom stereocenters. The highest BCUT2D eigenvalue weighted by Gasteiger charge is 2.14. The Morgan fingerprint density at radius 1 is 1.14 bits per heavy atom. The first-order valence-corrected chi connectivity index (χ1v) is 8.44. The summed E-state index contributed by atoms with van der Waals surface area (Å²) in [5, 5.41) is 8.67. The summed E-state index contributed by atoms with van der Waals surface area (Å²) in [6.07, 6.45) is 1.09. The second-order valence-corrected chi connectivity index (χ2v) is 6.56. The Hall–Kier alpha value is -1.01. The molecular formula is C16H19NOS3. The number of nitrogens with one attached hydrogen (secondary N) is 1. The van der Waals surface area contributed by atoms with Crippen molar-refractivity contribution < 1.29 is 4.74 Å². The lowest BCUT2D eigenvalue weighted by molar-refractivity contribution is 0.199. The van der Waals surface area contributed by atoms with Crippen LogP contribution >= 0.6 is 36.2 Å². The quantitative estimate of drug-likeness (QED) is 0.697. The fourth-order valence-corrected chi connectivity index (χ4v) is 3.75. The number of rotatable bonds is 6. The van der Waals surface area contributed by atoms with Crippen LogP contribution in [-0.2, 0) is 0 Å². The van der Waals surface area contributed by atoms with Crippen LogP contribution in [0.1, 0.15) is 17.4 Å². The maximum Gasteiger partial charge on any atom is 0.134 e. The standard InChI is InChI=1S/C16H17NOS2.H2S/c1-17-8-6-14(16-3-2-9-19-16)18-13-4-5-15-12(11-13)7-10-20-15;/h2-5,7,9-11,14,17H,6,8H2,1H3;1H2/t14-;/m0./s1. The van der Waals surface area contributed by atoms with E-state index in [0.29, 0.717) is 0 Å². The molecule has 1 N–H and O–H groups in total. The van der Waals surface area contributed by atoms with Gasteiger partial charge in [0.05, 0.1) is 0 Å². The van der Waals surface area contributed by atoms with Crippen molar-refractivity contribution in [3.63, 3.8) is 0 Å². The molecule has 21 heavy (non-hydrogen) atoms. The minimum atomic E-state index is 0. The van der Waals surface area contributed by atoms with E-state index < -0.39 is 0 Å². The first kappa shape index (κ1) is 16.4. The van der Waals surface area contributed by atoms with Crippen molar-refractivity contribution in [3.05, 3.63) is 52.0 Å². The Bertz CT molecular complexity index is 663. The molecule has 2 aromatic heterocycles. The number of benzene rings is 1. The Balaban J connectivity index is 0.00000161. The average molecular weight is 338 g/mol. The molecule has 0 saturated heterocycles. The third-order valence-corrected chi connectivity index (χ3v) is 5.08. The SMILES string of the molecule is CNCC[C@H](Oc1ccc2sccc2c1)c1cccs1.S. The molecule has 0 aliphatic carbocycles. The number of hydrogen-bond acceptors (Lipinski definition) is 4. The highest BCUT2D eigenvalue weighted by atomic mass is 32.1. The monoisotopic (exact) mass is 337 g/mol. The Morgan fingerprint density at radius 3 is 2.81 bits per heavy atom. The number of thiophene rings is 2. The van der Waals surface area contributed by atoms with E-state index >= 15 is 0 Å². The summed E-state index contributed by atoms with van der Waals surface area (Å²) in [4.78, 5) is 1.28. The fraction of sp³-hybridized carbons (Fsp3) is 0.250. The number of ether oxygens (including phenoxy) is 1. The molecule has 1 aromatic carbocycles. The lowest BCUT2D eigenvalue weighted by atomic mass is 10.2. The van der Waals surface area contributed by atoms with Crippen LogP contribution in [0.2, 0.25) is 0 Å². The van der Waals surface area contributed by atoms with Gasteiger partial charge in [-0.15, -0.1) is 22.7 Å². The minimum absolute atomic E-state index is 0. The van der Waals surface area contributed by atoms with Crippen LogP contribution < -0.4 is 10.1 Å². The molecule has 0 radical (unpaired) electrons. The average Bonchev–Trinajstić information content (AvgIpc) is 3.13. The van der Waals surface area contributed by atoms with Gasteiger partial charge in [0.1, 0.15) is 11.9 Å². The third-order valence-electron chi connectivity index (χ3n) is 3.22. The lowest BCUT2D eigenvalue weighted by Gasteiger charge is -2.18. The minimum Gasteiger partial charge on any atom is -0.485 e. The van der Waals surface area contributed by atoms with Gasteiger partial charge in [-0.25, -0.2) is 0 Å². The third kappa shape index (κ3) is 4.01. The van der Waals surface area contributed by atoms with Crippen LogP contribution in [0.15, 0.2) is 47.2 Å². The predicted molar refractivity (Wildman–Crippen MR) is 98.4 cm³/mol. The predicted octanol–water partition coefficient (Wildman–Crippen LogP) is 4.81. The highest BCUT2D eigenvalue weighted by molar-refractivity contribution is 7.59. The number of hydrogen-bond donors (Lipinski definition) is 1. The van der Waals surface area contributed by atoms with Gasteiger partial charge in [0.2, 0.25) is 0 Å². The molecule has 3 rings (SSSR count). The van der Waals surface area contributed by atoms with Crippen LogP contribution in [0.3, 0.4) is 0 Å². The highest BCUT2D eigenvalue weighted by Crippen LogP contribution is 2.31. The first-order chi connectivity index (χ1) is 9.86. The topological polar surface area (TPSA) is 21.3 Å². The molecule has 2 nitrogen and oxygen atoms in total. The van der Waals surface area contributed by atoms with Gasteiger partial charge in [-0.1, -0.05) is 6.07 Å². The molecule has 0 fully saturated rings. The second-order valence-electron chi connectivity index (χ2n) is 4.63. The molecule has 0 aliphatic heterocycles. The molecule has 1 atom stereocenters. The zero-order valence-corrected chi connectivity index (χ0v) is 14.5. The summed E-state index contributed by atoms with van der Waals surface area (Å²) < 4.78 is 7.52. The van der Waals surface area contributed by atoms with E-state index in [0.717, 1.165) is 18.7 Å². The van der Waals surface area contributed by atoms with Gasteiger partial charge >= 0.3 is 0 Å². The smallest absolute Gasteiger partial charge is 0.134 e. The van der Waals surface area contributed by atoms with Crippen molar-refractivity contribution in [2.24, 2.45) is 0 Å². The molecule has 2 heterocycles. The zero-order valence-electron chi connectivity index (χ0n) is 11.8. The van der Waals surface area contributed by atoms with E-state index in [9.17, 15) is 0 Å². The molecule has 0 amide bonds. The largest absolute Gasteiger partial charge is 0.485 e. The van der Waals surface area contributed by atoms with Crippen molar-refractivity contribution in [3.8, 4) is 5.75 Å². The molecule has 0 saturated carbocycles. The van der Waals surface area contributed by atoms with Gasteiger partial charge in [0.15, 0.2) is 0 Å². The molecule has 3 aromatic rings. The van der Waals surface area contributed by atoms with Crippen molar-refractivity contribution >= 4 is 46.3 Å². The Morgan fingerprint density at radius 2 is 2.05 bits per heavy atom. The molecule has 0 spiro atoms. The summed E-state index contributed by atoms with van der Waals surface area (Å²) in [6, 6.07) is 12.7. The van der Waals surface area contributed by atoms with E-state index in [1.54, 1.807) is 22.7 Å². The van der Waals surface area contributed by atoms with E-state index in [1.807, 2.05) is 7.05 Å². The van der Waals surface area contributed by atoms with E-state index in [4.69, 9.17) is 4.74 Å². The molecular weight excluding hydrogens is 318 g/mol. The molecule has 0 bridgehead atoms. The number of fused-ring (bicyclic) bond motifs is 1. The van der Waals surface area contributed by atoms with E-state index in [-0.39, 0.29) is 19.6 Å².